The Hall–Kier alpha value is -2.41. The molecule has 0 aliphatic carbocycles. The number of carbonyl (C=O) groups excluding carboxylic acids is 3. The Balaban J connectivity index is 1.96. The largest absolute Gasteiger partial charge is 0.494 e. The van der Waals surface area contributed by atoms with Gasteiger partial charge in [-0.3, -0.25) is 14.5 Å². The molecule has 1 aliphatic heterocycles. The highest BCUT2D eigenvalue weighted by atomic mass is 16.5. The molecule has 0 saturated carbocycles. The van der Waals surface area contributed by atoms with Crippen LogP contribution in [0.25, 0.3) is 0 Å². The highest BCUT2D eigenvalue weighted by Crippen LogP contribution is 2.12. The third-order valence-corrected chi connectivity index (χ3v) is 3.62. The molecule has 1 N–H and O–H groups in total. The van der Waals surface area contributed by atoms with E-state index in [1.165, 1.54) is 0 Å². The SMILES string of the molecule is CCOc1ccc(C[NH+](C)CN2C(=O)C(=O)N(CC)C2=O)cc1. The molecular weight excluding hydrogens is 298 g/mol. The van der Waals surface area contributed by atoms with Crippen molar-refractivity contribution in [2.75, 3.05) is 26.9 Å². The molecule has 0 bridgehead atoms. The first-order valence-corrected chi connectivity index (χ1v) is 7.68. The summed E-state index contributed by atoms with van der Waals surface area (Å²) in [6.07, 6.45) is 0. The van der Waals surface area contributed by atoms with Crippen molar-refractivity contribution in [2.24, 2.45) is 0 Å². The van der Waals surface area contributed by atoms with Crippen LogP contribution in [0.3, 0.4) is 0 Å². The van der Waals surface area contributed by atoms with Crippen molar-refractivity contribution in [3.63, 3.8) is 0 Å². The lowest BCUT2D eigenvalue weighted by Crippen LogP contribution is -3.09. The van der Waals surface area contributed by atoms with Gasteiger partial charge in [-0.2, -0.15) is 0 Å². The van der Waals surface area contributed by atoms with Gasteiger partial charge < -0.3 is 9.64 Å². The van der Waals surface area contributed by atoms with Gasteiger partial charge in [0.15, 0.2) is 6.67 Å². The van der Waals surface area contributed by atoms with Crippen LogP contribution in [0.1, 0.15) is 19.4 Å². The first kappa shape index (κ1) is 17.0. The fourth-order valence-electron chi connectivity index (χ4n) is 2.51. The van der Waals surface area contributed by atoms with Crippen molar-refractivity contribution in [2.45, 2.75) is 20.4 Å². The molecule has 2 rings (SSSR count). The van der Waals surface area contributed by atoms with Crippen molar-refractivity contribution < 1.29 is 24.0 Å². The maximum atomic E-state index is 12.0. The Morgan fingerprint density at radius 2 is 1.61 bits per heavy atom. The second-order valence-corrected chi connectivity index (χ2v) is 5.43. The fourth-order valence-corrected chi connectivity index (χ4v) is 2.51. The van der Waals surface area contributed by atoms with Crippen LogP contribution >= 0.6 is 0 Å². The van der Waals surface area contributed by atoms with E-state index < -0.39 is 17.8 Å². The van der Waals surface area contributed by atoms with Gasteiger partial charge in [0, 0.05) is 12.1 Å². The van der Waals surface area contributed by atoms with Crippen LogP contribution < -0.4 is 9.64 Å². The fraction of sp³-hybridized carbons (Fsp3) is 0.438. The average molecular weight is 320 g/mol. The van der Waals surface area contributed by atoms with Gasteiger partial charge in [-0.1, -0.05) is 0 Å². The van der Waals surface area contributed by atoms with Gasteiger partial charge >= 0.3 is 17.8 Å². The number of hydrogen-bond acceptors (Lipinski definition) is 4. The normalized spacial score (nSPS) is 16.2. The third kappa shape index (κ3) is 3.68. The third-order valence-electron chi connectivity index (χ3n) is 3.62. The first-order chi connectivity index (χ1) is 11.0. The minimum atomic E-state index is -0.747. The molecule has 4 amide bonds. The van der Waals surface area contributed by atoms with E-state index in [4.69, 9.17) is 4.74 Å². The summed E-state index contributed by atoms with van der Waals surface area (Å²) in [5.74, 6) is -0.683. The van der Waals surface area contributed by atoms with Crippen molar-refractivity contribution in [3.8, 4) is 5.75 Å². The number of imide groups is 2. The molecule has 124 valence electrons. The minimum absolute atomic E-state index is 0.160. The molecule has 0 aromatic heterocycles. The lowest BCUT2D eigenvalue weighted by Gasteiger charge is -2.19. The molecule has 1 aliphatic rings. The summed E-state index contributed by atoms with van der Waals surface area (Å²) in [5, 5.41) is 0. The molecule has 0 spiro atoms. The number of benzene rings is 1. The number of quaternary nitrogens is 1. The van der Waals surface area contributed by atoms with Crippen LogP contribution in [0.15, 0.2) is 24.3 Å². The lowest BCUT2D eigenvalue weighted by molar-refractivity contribution is -0.901. The molecule has 1 atom stereocenters. The maximum absolute atomic E-state index is 12.0. The van der Waals surface area contributed by atoms with Crippen molar-refractivity contribution >= 4 is 17.8 Å². The molecule has 7 nitrogen and oxygen atoms in total. The van der Waals surface area contributed by atoms with Crippen LogP contribution in [0.4, 0.5) is 4.79 Å². The Morgan fingerprint density at radius 3 is 2.13 bits per heavy atom. The van der Waals surface area contributed by atoms with Gasteiger partial charge in [-0.25, -0.2) is 9.69 Å². The highest BCUT2D eigenvalue weighted by Gasteiger charge is 2.44. The zero-order chi connectivity index (χ0) is 17.0. The number of ether oxygens (including phenoxy) is 1. The zero-order valence-corrected chi connectivity index (χ0v) is 13.7. The summed E-state index contributed by atoms with van der Waals surface area (Å²) in [4.78, 5) is 38.5. The molecule has 1 fully saturated rings. The summed E-state index contributed by atoms with van der Waals surface area (Å²) < 4.78 is 5.39. The molecule has 1 saturated heterocycles. The van der Waals surface area contributed by atoms with E-state index in [9.17, 15) is 14.4 Å². The summed E-state index contributed by atoms with van der Waals surface area (Å²) in [6.45, 7) is 5.21. The van der Waals surface area contributed by atoms with Crippen LogP contribution in [0.2, 0.25) is 0 Å². The van der Waals surface area contributed by atoms with Gasteiger partial charge in [0.05, 0.1) is 13.7 Å². The Kier molecular flexibility index (Phi) is 5.33. The number of nitrogens with one attached hydrogen (secondary N) is 1. The summed E-state index contributed by atoms with van der Waals surface area (Å²) in [5.41, 5.74) is 1.06. The number of likely N-dealkylation sites (N-methyl/N-ethyl adjacent to an activating group) is 1. The smallest absolute Gasteiger partial charge is 0.338 e. The second kappa shape index (κ2) is 7.23. The van der Waals surface area contributed by atoms with Crippen molar-refractivity contribution in [3.05, 3.63) is 29.8 Å². The predicted molar refractivity (Wildman–Crippen MR) is 82.7 cm³/mol. The average Bonchev–Trinajstić information content (AvgIpc) is 2.73. The van der Waals surface area contributed by atoms with E-state index in [0.29, 0.717) is 13.2 Å². The van der Waals surface area contributed by atoms with E-state index >= 15 is 0 Å². The monoisotopic (exact) mass is 320 g/mol. The van der Waals surface area contributed by atoms with Gasteiger partial charge in [0.25, 0.3) is 0 Å². The lowest BCUT2D eigenvalue weighted by atomic mass is 10.2. The summed E-state index contributed by atoms with van der Waals surface area (Å²) >= 11 is 0. The molecule has 7 heteroatoms. The van der Waals surface area contributed by atoms with Gasteiger partial charge in [-0.05, 0) is 38.1 Å². The van der Waals surface area contributed by atoms with Gasteiger partial charge in [-0.15, -0.1) is 0 Å². The van der Waals surface area contributed by atoms with Crippen LogP contribution in [0, 0.1) is 0 Å². The Bertz CT molecular complexity index is 600. The van der Waals surface area contributed by atoms with E-state index in [-0.39, 0.29) is 13.2 Å². The molecule has 1 unspecified atom stereocenters. The first-order valence-electron chi connectivity index (χ1n) is 7.68. The number of amides is 4. The van der Waals surface area contributed by atoms with E-state index in [1.54, 1.807) is 6.92 Å². The number of nitrogens with zero attached hydrogens (tertiary/aromatic N) is 2. The van der Waals surface area contributed by atoms with Crippen molar-refractivity contribution in [1.82, 2.24) is 9.80 Å². The molecule has 1 aromatic rings. The predicted octanol–water partition coefficient (Wildman–Crippen LogP) is -0.132. The van der Waals surface area contributed by atoms with Crippen molar-refractivity contribution in [1.29, 1.82) is 0 Å². The van der Waals surface area contributed by atoms with E-state index in [0.717, 1.165) is 26.0 Å². The number of carbonyl (C=O) groups is 3. The summed E-state index contributed by atoms with van der Waals surface area (Å²) in [7, 11) is 1.87. The number of rotatable bonds is 7. The molecule has 0 radical (unpaired) electrons. The molecule has 23 heavy (non-hydrogen) atoms. The minimum Gasteiger partial charge on any atom is -0.494 e. The van der Waals surface area contributed by atoms with Gasteiger partial charge in [0.2, 0.25) is 0 Å². The standard InChI is InChI=1S/C16H21N3O4/c1-4-18-14(20)15(21)19(16(18)22)11-17(3)10-12-6-8-13(9-7-12)23-5-2/h6-9H,4-5,10-11H2,1-3H3/p+1. The van der Waals surface area contributed by atoms with E-state index in [1.807, 2.05) is 38.2 Å². The second-order valence-electron chi connectivity index (χ2n) is 5.43. The quantitative estimate of drug-likeness (QED) is 0.561. The topological polar surface area (TPSA) is 71.4 Å². The zero-order valence-electron chi connectivity index (χ0n) is 13.7. The van der Waals surface area contributed by atoms with Crippen LogP contribution in [0.5, 0.6) is 5.75 Å². The highest BCUT2D eigenvalue weighted by molar-refractivity contribution is 6.44. The molecular formula is C16H22N3O4+. The Morgan fingerprint density at radius 1 is 1.00 bits per heavy atom. The maximum Gasteiger partial charge on any atom is 0.338 e. The summed E-state index contributed by atoms with van der Waals surface area (Å²) in [6, 6.07) is 7.15. The Labute approximate surface area is 135 Å². The van der Waals surface area contributed by atoms with E-state index in [2.05, 4.69) is 0 Å². The molecule has 1 aromatic carbocycles. The van der Waals surface area contributed by atoms with Gasteiger partial charge in [0.1, 0.15) is 12.3 Å². The number of hydrogen-bond donors (Lipinski definition) is 1. The number of urea groups is 1. The van der Waals surface area contributed by atoms with Crippen LogP contribution in [-0.2, 0) is 16.1 Å². The molecule has 1 heterocycles. The van der Waals surface area contributed by atoms with Crippen LogP contribution in [-0.4, -0.2) is 54.5 Å².